The van der Waals surface area contributed by atoms with Crippen molar-refractivity contribution in [2.75, 3.05) is 6.54 Å². The minimum atomic E-state index is 0.517. The fourth-order valence-electron chi connectivity index (χ4n) is 1.93. The molecule has 0 aliphatic carbocycles. The molecule has 1 N–H and O–H groups in total. The average Bonchev–Trinajstić information content (AvgIpc) is 2.71. The molecule has 2 rings (SSSR count). The predicted octanol–water partition coefficient (Wildman–Crippen LogP) is 3.31. The number of aryl methyl sites for hydroxylation is 2. The van der Waals surface area contributed by atoms with Crippen molar-refractivity contribution in [2.45, 2.75) is 27.3 Å². The van der Waals surface area contributed by atoms with E-state index in [4.69, 9.17) is 16.3 Å². The van der Waals surface area contributed by atoms with E-state index in [1.807, 2.05) is 26.1 Å². The molecule has 0 amide bonds. The molecule has 0 aliphatic heterocycles. The van der Waals surface area contributed by atoms with Gasteiger partial charge in [0.05, 0.1) is 10.7 Å². The van der Waals surface area contributed by atoms with Crippen LogP contribution in [-0.4, -0.2) is 21.3 Å². The molecule has 2 aromatic heterocycles. The first-order valence-electron chi connectivity index (χ1n) is 6.99. The summed E-state index contributed by atoms with van der Waals surface area (Å²) >= 11 is 6.17. The van der Waals surface area contributed by atoms with Gasteiger partial charge >= 0.3 is 0 Å². The third-order valence-electron chi connectivity index (χ3n) is 2.95. The Balaban J connectivity index is 2.09. The number of nitrogens with zero attached hydrogens (tertiary/aromatic N) is 3. The Morgan fingerprint density at radius 3 is 2.76 bits per heavy atom. The van der Waals surface area contributed by atoms with Gasteiger partial charge in [-0.15, -0.1) is 0 Å². The first kappa shape index (κ1) is 15.8. The van der Waals surface area contributed by atoms with E-state index in [2.05, 4.69) is 29.2 Å². The van der Waals surface area contributed by atoms with Gasteiger partial charge in [0.2, 0.25) is 11.8 Å². The highest BCUT2D eigenvalue weighted by atomic mass is 35.5. The highest BCUT2D eigenvalue weighted by molar-refractivity contribution is 6.31. The summed E-state index contributed by atoms with van der Waals surface area (Å²) in [4.78, 5) is 4.20. The summed E-state index contributed by atoms with van der Waals surface area (Å²) in [5.41, 5.74) is 1.88. The minimum Gasteiger partial charge on any atom is -0.421 e. The normalized spacial score (nSPS) is 11.1. The molecule has 2 aromatic rings. The smallest absolute Gasteiger partial charge is 0.221 e. The first-order valence-corrected chi connectivity index (χ1v) is 7.37. The molecule has 21 heavy (non-hydrogen) atoms. The van der Waals surface area contributed by atoms with Crippen LogP contribution in [0.15, 0.2) is 18.3 Å². The van der Waals surface area contributed by atoms with Crippen LogP contribution in [0.1, 0.15) is 25.1 Å². The van der Waals surface area contributed by atoms with Crippen LogP contribution < -0.4 is 10.1 Å². The van der Waals surface area contributed by atoms with Crippen LogP contribution in [-0.2, 0) is 13.6 Å². The molecule has 0 unspecified atom stereocenters. The van der Waals surface area contributed by atoms with Gasteiger partial charge in [0, 0.05) is 31.9 Å². The molecular weight excluding hydrogens is 288 g/mol. The largest absolute Gasteiger partial charge is 0.421 e. The van der Waals surface area contributed by atoms with Crippen molar-refractivity contribution in [3.8, 4) is 11.8 Å². The summed E-state index contributed by atoms with van der Waals surface area (Å²) in [5.74, 6) is 1.77. The van der Waals surface area contributed by atoms with E-state index in [9.17, 15) is 0 Å². The fourth-order valence-corrected chi connectivity index (χ4v) is 2.10. The third-order valence-corrected chi connectivity index (χ3v) is 3.29. The van der Waals surface area contributed by atoms with Gasteiger partial charge in [0.1, 0.15) is 0 Å². The van der Waals surface area contributed by atoms with E-state index < -0.39 is 0 Å². The molecule has 0 bridgehead atoms. The second-order valence-electron chi connectivity index (χ2n) is 5.49. The maximum Gasteiger partial charge on any atom is 0.221 e. The van der Waals surface area contributed by atoms with Crippen molar-refractivity contribution in [2.24, 2.45) is 13.0 Å². The molecule has 0 saturated carbocycles. The molecule has 0 aromatic carbocycles. The van der Waals surface area contributed by atoms with Gasteiger partial charge in [-0.25, -0.2) is 9.67 Å². The number of hydrogen-bond donors (Lipinski definition) is 1. The van der Waals surface area contributed by atoms with Gasteiger partial charge in [0.15, 0.2) is 0 Å². The van der Waals surface area contributed by atoms with Crippen LogP contribution in [0.2, 0.25) is 5.02 Å². The van der Waals surface area contributed by atoms with Crippen LogP contribution in [0.4, 0.5) is 0 Å². The highest BCUT2D eigenvalue weighted by Crippen LogP contribution is 2.24. The average molecular weight is 309 g/mol. The van der Waals surface area contributed by atoms with E-state index in [1.165, 1.54) is 0 Å². The van der Waals surface area contributed by atoms with E-state index in [0.29, 0.717) is 29.2 Å². The molecule has 0 atom stereocenters. The minimum absolute atomic E-state index is 0.517. The lowest BCUT2D eigenvalue weighted by Crippen LogP contribution is -2.19. The maximum atomic E-state index is 6.17. The Bertz CT molecular complexity index is 610. The van der Waals surface area contributed by atoms with Gasteiger partial charge in [-0.1, -0.05) is 25.4 Å². The van der Waals surface area contributed by atoms with Crippen molar-refractivity contribution in [1.29, 1.82) is 0 Å². The van der Waals surface area contributed by atoms with Gasteiger partial charge in [-0.3, -0.25) is 0 Å². The van der Waals surface area contributed by atoms with Gasteiger partial charge in [-0.05, 0) is 24.9 Å². The Labute approximate surface area is 130 Å². The molecule has 114 valence electrons. The van der Waals surface area contributed by atoms with Crippen molar-refractivity contribution in [3.63, 3.8) is 0 Å². The lowest BCUT2D eigenvalue weighted by Gasteiger charge is -2.10. The quantitative estimate of drug-likeness (QED) is 0.889. The van der Waals surface area contributed by atoms with E-state index in [-0.39, 0.29) is 0 Å². The molecule has 6 heteroatoms. The number of ether oxygens (including phenoxy) is 1. The Morgan fingerprint density at radius 2 is 2.14 bits per heavy atom. The zero-order chi connectivity index (χ0) is 15.4. The standard InChI is InChI=1S/C15H21ClN4O/c1-10(2)7-17-8-12-6-14(18-9-13(12)16)21-15-5-11(3)19-20(15)4/h5-6,9-10,17H,7-8H2,1-4H3. The maximum absolute atomic E-state index is 6.17. The molecule has 0 fully saturated rings. The summed E-state index contributed by atoms with van der Waals surface area (Å²) < 4.78 is 7.44. The zero-order valence-electron chi connectivity index (χ0n) is 12.9. The van der Waals surface area contributed by atoms with Crippen LogP contribution in [0.25, 0.3) is 0 Å². The molecule has 0 saturated heterocycles. The number of pyridine rings is 1. The molecule has 0 spiro atoms. The molecule has 2 heterocycles. The second-order valence-corrected chi connectivity index (χ2v) is 5.90. The topological polar surface area (TPSA) is 52.0 Å². The summed E-state index contributed by atoms with van der Waals surface area (Å²) in [7, 11) is 1.84. The fraction of sp³-hybridized carbons (Fsp3) is 0.467. The van der Waals surface area contributed by atoms with Crippen molar-refractivity contribution < 1.29 is 4.74 Å². The second kappa shape index (κ2) is 6.91. The first-order chi connectivity index (χ1) is 9.95. The lowest BCUT2D eigenvalue weighted by atomic mass is 10.2. The van der Waals surface area contributed by atoms with Gasteiger partial charge in [-0.2, -0.15) is 5.10 Å². The van der Waals surface area contributed by atoms with Gasteiger partial charge < -0.3 is 10.1 Å². The van der Waals surface area contributed by atoms with E-state index in [0.717, 1.165) is 17.8 Å². The molecular formula is C15H21ClN4O. The monoisotopic (exact) mass is 308 g/mol. The third kappa shape index (κ3) is 4.44. The van der Waals surface area contributed by atoms with Crippen LogP contribution in [0, 0.1) is 12.8 Å². The summed E-state index contributed by atoms with van der Waals surface area (Å²) in [6.45, 7) is 7.89. The van der Waals surface area contributed by atoms with Crippen LogP contribution in [0.5, 0.6) is 11.8 Å². The van der Waals surface area contributed by atoms with Crippen molar-refractivity contribution in [3.05, 3.63) is 34.6 Å². The van der Waals surface area contributed by atoms with Crippen molar-refractivity contribution >= 4 is 11.6 Å². The number of halogens is 1. The molecule has 0 radical (unpaired) electrons. The number of aromatic nitrogens is 3. The van der Waals surface area contributed by atoms with Gasteiger partial charge in [0.25, 0.3) is 0 Å². The number of nitrogens with one attached hydrogen (secondary N) is 1. The zero-order valence-corrected chi connectivity index (χ0v) is 13.6. The Kier molecular flexibility index (Phi) is 5.20. The number of hydrogen-bond acceptors (Lipinski definition) is 4. The molecule has 5 nitrogen and oxygen atoms in total. The Morgan fingerprint density at radius 1 is 1.38 bits per heavy atom. The SMILES string of the molecule is Cc1cc(Oc2cc(CNCC(C)C)c(Cl)cn2)n(C)n1. The molecule has 0 aliphatic rings. The highest BCUT2D eigenvalue weighted by Gasteiger charge is 2.08. The van der Waals surface area contributed by atoms with Crippen LogP contribution >= 0.6 is 11.6 Å². The summed E-state index contributed by atoms with van der Waals surface area (Å²) in [6.07, 6.45) is 1.62. The van der Waals surface area contributed by atoms with E-state index >= 15 is 0 Å². The lowest BCUT2D eigenvalue weighted by molar-refractivity contribution is 0.414. The number of rotatable bonds is 6. The summed E-state index contributed by atoms with van der Waals surface area (Å²) in [5, 5.41) is 8.24. The van der Waals surface area contributed by atoms with Crippen molar-refractivity contribution in [1.82, 2.24) is 20.1 Å². The Hall–Kier alpha value is -1.59. The van der Waals surface area contributed by atoms with E-state index in [1.54, 1.807) is 10.9 Å². The van der Waals surface area contributed by atoms with Crippen LogP contribution in [0.3, 0.4) is 0 Å². The predicted molar refractivity (Wildman–Crippen MR) is 83.8 cm³/mol. The summed E-state index contributed by atoms with van der Waals surface area (Å²) in [6, 6.07) is 3.73.